The molecule has 8 rings (SSSR count). The average Bonchev–Trinajstić information content (AvgIpc) is 3.78. The molecule has 1 saturated heterocycles. The molecule has 10 nitrogen and oxygen atoms in total. The molecular formula is C36H34N8O2. The van der Waals surface area contributed by atoms with Crippen LogP contribution >= 0.6 is 0 Å². The number of piperazine rings is 1. The number of rotatable bonds is 7. The van der Waals surface area contributed by atoms with E-state index in [0.717, 1.165) is 76.7 Å². The van der Waals surface area contributed by atoms with Crippen LogP contribution in [0.15, 0.2) is 84.9 Å². The number of nitrogens with zero attached hydrogens (tertiary/aromatic N) is 6. The Kier molecular flexibility index (Phi) is 6.79. The minimum absolute atomic E-state index is 0.229. The van der Waals surface area contributed by atoms with Crippen LogP contribution in [0.5, 0.6) is 0 Å². The highest BCUT2D eigenvalue weighted by Gasteiger charge is 2.34. The Balaban J connectivity index is 0.959. The van der Waals surface area contributed by atoms with Gasteiger partial charge in [-0.25, -0.2) is 9.97 Å². The van der Waals surface area contributed by atoms with E-state index < -0.39 is 0 Å². The van der Waals surface area contributed by atoms with Crippen LogP contribution < -0.4 is 9.80 Å². The summed E-state index contributed by atoms with van der Waals surface area (Å²) >= 11 is 0. The molecule has 0 unspecified atom stereocenters. The Morgan fingerprint density at radius 3 is 1.98 bits per heavy atom. The summed E-state index contributed by atoms with van der Waals surface area (Å²) in [5.74, 6) is 1.16. The lowest BCUT2D eigenvalue weighted by atomic mass is 10.1. The van der Waals surface area contributed by atoms with E-state index in [0.29, 0.717) is 24.2 Å². The third-order valence-electron chi connectivity index (χ3n) is 9.21. The molecule has 0 spiro atoms. The molecule has 0 saturated carbocycles. The molecule has 2 aromatic heterocycles. The summed E-state index contributed by atoms with van der Waals surface area (Å²) in [6.45, 7) is 5.04. The fraction of sp³-hybridized carbons (Fsp3) is 0.222. The average molecular weight is 611 g/mol. The summed E-state index contributed by atoms with van der Waals surface area (Å²) in [7, 11) is 4.13. The predicted molar refractivity (Wildman–Crippen MR) is 181 cm³/mol. The lowest BCUT2D eigenvalue weighted by Gasteiger charge is -2.34. The first-order chi connectivity index (χ1) is 22.4. The van der Waals surface area contributed by atoms with Crippen LogP contribution in [0, 0.1) is 0 Å². The van der Waals surface area contributed by atoms with E-state index in [4.69, 9.17) is 9.97 Å². The van der Waals surface area contributed by atoms with Crippen LogP contribution in [-0.2, 0) is 0 Å². The van der Waals surface area contributed by atoms with Gasteiger partial charge in [0.2, 0.25) is 0 Å². The van der Waals surface area contributed by atoms with E-state index in [-0.39, 0.29) is 11.8 Å². The number of hydrogen-bond donors (Lipinski definition) is 2. The number of carbonyl (C=O) groups excluding carboxylic acids is 2. The fourth-order valence-corrected chi connectivity index (χ4v) is 6.38. The molecule has 6 aromatic rings. The van der Waals surface area contributed by atoms with Gasteiger partial charge in [-0.2, -0.15) is 0 Å². The van der Waals surface area contributed by atoms with Gasteiger partial charge in [0, 0.05) is 68.8 Å². The molecule has 4 heterocycles. The zero-order valence-corrected chi connectivity index (χ0v) is 25.8. The standard InChI is InChI=1S/C36H34N8O2/c1-41-15-18-43(19-16-41)26-12-14-30-32(22-26)40-34(38-30)24-9-13-29-31(21-24)39-33(37-29)23-7-10-25(11-8-23)42(2)17-20-44-35(45)27-5-3-4-6-28(27)36(44)46/h3-14,21-22H,15-20H2,1-2H3,(H,37,39)(H,38,40). The molecule has 230 valence electrons. The highest BCUT2D eigenvalue weighted by atomic mass is 16.2. The number of likely N-dealkylation sites (N-methyl/N-ethyl adjacent to an activating group) is 2. The molecule has 4 aromatic carbocycles. The summed E-state index contributed by atoms with van der Waals surface area (Å²) in [4.78, 5) is 50.3. The number of imide groups is 1. The Hall–Kier alpha value is -5.48. The number of imidazole rings is 2. The van der Waals surface area contributed by atoms with E-state index in [1.807, 2.05) is 42.3 Å². The van der Waals surface area contributed by atoms with Crippen molar-refractivity contribution in [2.24, 2.45) is 0 Å². The quantitative estimate of drug-likeness (QED) is 0.238. The van der Waals surface area contributed by atoms with Crippen molar-refractivity contribution in [2.75, 3.05) is 63.2 Å². The van der Waals surface area contributed by atoms with Crippen molar-refractivity contribution < 1.29 is 9.59 Å². The lowest BCUT2D eigenvalue weighted by Crippen LogP contribution is -2.44. The number of fused-ring (bicyclic) bond motifs is 3. The van der Waals surface area contributed by atoms with Crippen molar-refractivity contribution in [3.8, 4) is 22.8 Å². The van der Waals surface area contributed by atoms with Crippen LogP contribution in [0.3, 0.4) is 0 Å². The minimum atomic E-state index is -0.229. The molecule has 1 fully saturated rings. The maximum Gasteiger partial charge on any atom is 0.261 e. The summed E-state index contributed by atoms with van der Waals surface area (Å²) < 4.78 is 0. The molecular weight excluding hydrogens is 576 g/mol. The lowest BCUT2D eigenvalue weighted by molar-refractivity contribution is 0.0658. The van der Waals surface area contributed by atoms with Crippen molar-refractivity contribution in [1.82, 2.24) is 29.7 Å². The molecule has 0 bridgehead atoms. The molecule has 0 aliphatic carbocycles. The van der Waals surface area contributed by atoms with Crippen LogP contribution in [0.1, 0.15) is 20.7 Å². The van der Waals surface area contributed by atoms with Crippen LogP contribution in [-0.4, -0.2) is 94.9 Å². The summed E-state index contributed by atoms with van der Waals surface area (Å²) in [5, 5.41) is 0. The fourth-order valence-electron chi connectivity index (χ4n) is 6.38. The first-order valence-electron chi connectivity index (χ1n) is 15.6. The highest BCUT2D eigenvalue weighted by molar-refractivity contribution is 6.21. The molecule has 2 amide bonds. The number of aromatic amines is 2. The minimum Gasteiger partial charge on any atom is -0.373 e. The molecule has 0 atom stereocenters. The molecule has 46 heavy (non-hydrogen) atoms. The van der Waals surface area contributed by atoms with Gasteiger partial charge < -0.3 is 24.7 Å². The SMILES string of the molecule is CN1CCN(c2ccc3nc(-c4ccc5nc(-c6ccc(N(C)CCN7C(=O)c8ccccc8C7=O)cc6)[nH]c5c4)[nH]c3c2)CC1. The number of H-pyrrole nitrogens is 2. The largest absolute Gasteiger partial charge is 0.373 e. The van der Waals surface area contributed by atoms with Gasteiger partial charge in [0.05, 0.1) is 33.2 Å². The third-order valence-corrected chi connectivity index (χ3v) is 9.21. The molecule has 0 radical (unpaired) electrons. The third kappa shape index (κ3) is 4.96. The monoisotopic (exact) mass is 610 g/mol. The van der Waals surface area contributed by atoms with Crippen LogP contribution in [0.4, 0.5) is 11.4 Å². The second kappa shape index (κ2) is 11.1. The number of carbonyl (C=O) groups is 2. The zero-order chi connectivity index (χ0) is 31.4. The van der Waals surface area contributed by atoms with E-state index in [1.54, 1.807) is 24.3 Å². The smallest absolute Gasteiger partial charge is 0.261 e. The number of anilines is 2. The highest BCUT2D eigenvalue weighted by Crippen LogP contribution is 2.29. The van der Waals surface area contributed by atoms with Gasteiger partial charge >= 0.3 is 0 Å². The first kappa shape index (κ1) is 28.0. The van der Waals surface area contributed by atoms with Gasteiger partial charge in [-0.3, -0.25) is 14.5 Å². The number of aromatic nitrogens is 4. The number of benzene rings is 4. The van der Waals surface area contributed by atoms with E-state index in [1.165, 1.54) is 10.6 Å². The van der Waals surface area contributed by atoms with Crippen LogP contribution in [0.2, 0.25) is 0 Å². The number of nitrogens with one attached hydrogen (secondary N) is 2. The molecule has 2 N–H and O–H groups in total. The number of amides is 2. The maximum atomic E-state index is 12.7. The Bertz CT molecular complexity index is 2070. The van der Waals surface area contributed by atoms with Crippen molar-refractivity contribution in [3.63, 3.8) is 0 Å². The first-order valence-corrected chi connectivity index (χ1v) is 15.6. The Labute approximate surface area is 266 Å². The summed E-state index contributed by atoms with van der Waals surface area (Å²) in [6.07, 6.45) is 0. The van der Waals surface area contributed by atoms with Gasteiger partial charge in [0.1, 0.15) is 11.6 Å². The Morgan fingerprint density at radius 1 is 0.717 bits per heavy atom. The normalized spacial score (nSPS) is 15.3. The van der Waals surface area contributed by atoms with E-state index in [9.17, 15) is 9.59 Å². The number of hydrogen-bond acceptors (Lipinski definition) is 7. The Morgan fingerprint density at radius 2 is 1.30 bits per heavy atom. The van der Waals surface area contributed by atoms with Crippen LogP contribution in [0.25, 0.3) is 44.8 Å². The van der Waals surface area contributed by atoms with E-state index >= 15 is 0 Å². The predicted octanol–water partition coefficient (Wildman–Crippen LogP) is 5.26. The van der Waals surface area contributed by atoms with Gasteiger partial charge in [0.25, 0.3) is 11.8 Å². The van der Waals surface area contributed by atoms with Gasteiger partial charge in [-0.1, -0.05) is 12.1 Å². The second-order valence-electron chi connectivity index (χ2n) is 12.2. The zero-order valence-electron chi connectivity index (χ0n) is 25.8. The van der Waals surface area contributed by atoms with E-state index in [2.05, 4.69) is 57.1 Å². The molecule has 2 aliphatic rings. The maximum absolute atomic E-state index is 12.7. The van der Waals surface area contributed by atoms with Gasteiger partial charge in [-0.05, 0) is 79.8 Å². The van der Waals surface area contributed by atoms with Gasteiger partial charge in [0.15, 0.2) is 0 Å². The topological polar surface area (TPSA) is 104 Å². The van der Waals surface area contributed by atoms with Gasteiger partial charge in [-0.15, -0.1) is 0 Å². The van der Waals surface area contributed by atoms with Crippen molar-refractivity contribution in [3.05, 3.63) is 96.1 Å². The van der Waals surface area contributed by atoms with Crippen molar-refractivity contribution >= 4 is 45.3 Å². The molecule has 2 aliphatic heterocycles. The summed E-state index contributed by atoms with van der Waals surface area (Å²) in [5.41, 5.74) is 8.94. The second-order valence-corrected chi connectivity index (χ2v) is 12.2. The molecule has 10 heteroatoms. The summed E-state index contributed by atoms with van der Waals surface area (Å²) in [6, 6.07) is 27.7. The van der Waals surface area contributed by atoms with Crippen molar-refractivity contribution in [1.29, 1.82) is 0 Å². The van der Waals surface area contributed by atoms with Crippen molar-refractivity contribution in [2.45, 2.75) is 0 Å².